The van der Waals surface area contributed by atoms with E-state index in [0.29, 0.717) is 30.0 Å². The number of fused-ring (bicyclic) bond motifs is 4. The first-order valence-electron chi connectivity index (χ1n) is 12.4. The monoisotopic (exact) mass is 460 g/mol. The van der Waals surface area contributed by atoms with E-state index in [1.165, 1.54) is 12.8 Å². The van der Waals surface area contributed by atoms with Gasteiger partial charge in [-0.15, -0.1) is 0 Å². The van der Waals surface area contributed by atoms with E-state index in [9.17, 15) is 4.79 Å². The van der Waals surface area contributed by atoms with Crippen LogP contribution in [-0.2, 0) is 5.54 Å². The van der Waals surface area contributed by atoms with Gasteiger partial charge >= 0.3 is 0 Å². The Labute approximate surface area is 199 Å². The summed E-state index contributed by atoms with van der Waals surface area (Å²) in [4.78, 5) is 31.4. The number of piperazine rings is 1. The Morgan fingerprint density at radius 1 is 1.06 bits per heavy atom. The molecule has 178 valence electrons. The van der Waals surface area contributed by atoms with Gasteiger partial charge in [-0.1, -0.05) is 12.8 Å². The SMILES string of the molecule is CC(C)N1CCN(c2ccc(Nc3ncc4cc5n(c4n3)C3(CCCC3)CNC5=O)nc2)CC1. The molecule has 0 atom stereocenters. The third-order valence-electron chi connectivity index (χ3n) is 7.76. The van der Waals surface area contributed by atoms with Gasteiger partial charge in [0.1, 0.15) is 17.2 Å². The maximum absolute atomic E-state index is 12.6. The molecule has 1 saturated heterocycles. The highest BCUT2D eigenvalue weighted by molar-refractivity contribution is 5.99. The number of nitrogens with zero attached hydrogens (tertiary/aromatic N) is 6. The second kappa shape index (κ2) is 8.23. The summed E-state index contributed by atoms with van der Waals surface area (Å²) in [6, 6.07) is 6.60. The molecule has 2 N–H and O–H groups in total. The average Bonchev–Trinajstić information content (AvgIpc) is 3.48. The third-order valence-corrected chi connectivity index (χ3v) is 7.76. The summed E-state index contributed by atoms with van der Waals surface area (Å²) in [6.45, 7) is 9.36. The van der Waals surface area contributed by atoms with E-state index >= 15 is 0 Å². The molecule has 5 heterocycles. The van der Waals surface area contributed by atoms with E-state index in [4.69, 9.17) is 4.98 Å². The highest BCUT2D eigenvalue weighted by Gasteiger charge is 2.42. The number of carbonyl (C=O) groups excluding carboxylic acids is 1. The first kappa shape index (κ1) is 21.3. The molecule has 0 unspecified atom stereocenters. The fourth-order valence-electron chi connectivity index (χ4n) is 5.80. The summed E-state index contributed by atoms with van der Waals surface area (Å²) in [5.74, 6) is 1.18. The topological polar surface area (TPSA) is 91.2 Å². The van der Waals surface area contributed by atoms with Gasteiger partial charge in [0.15, 0.2) is 0 Å². The van der Waals surface area contributed by atoms with Crippen molar-refractivity contribution >= 4 is 34.4 Å². The van der Waals surface area contributed by atoms with Crippen LogP contribution >= 0.6 is 0 Å². The fourth-order valence-corrected chi connectivity index (χ4v) is 5.80. The summed E-state index contributed by atoms with van der Waals surface area (Å²) in [7, 11) is 0. The quantitative estimate of drug-likeness (QED) is 0.618. The van der Waals surface area contributed by atoms with Crippen molar-refractivity contribution in [1.82, 2.24) is 29.7 Å². The van der Waals surface area contributed by atoms with Crippen molar-refractivity contribution < 1.29 is 4.79 Å². The van der Waals surface area contributed by atoms with Gasteiger partial charge in [0.05, 0.1) is 17.4 Å². The second-order valence-corrected chi connectivity index (χ2v) is 10.1. The molecule has 1 saturated carbocycles. The molecule has 2 fully saturated rings. The van der Waals surface area contributed by atoms with Gasteiger partial charge in [0.25, 0.3) is 5.91 Å². The molecule has 0 bridgehead atoms. The molecular weight excluding hydrogens is 428 g/mol. The highest BCUT2D eigenvalue weighted by Crippen LogP contribution is 2.41. The van der Waals surface area contributed by atoms with Gasteiger partial charge in [0.2, 0.25) is 5.95 Å². The maximum atomic E-state index is 12.6. The third kappa shape index (κ3) is 3.58. The number of hydrogen-bond acceptors (Lipinski definition) is 7. The van der Waals surface area contributed by atoms with Crippen LogP contribution in [0.3, 0.4) is 0 Å². The average molecular weight is 461 g/mol. The predicted octanol–water partition coefficient (Wildman–Crippen LogP) is 3.11. The molecule has 0 radical (unpaired) electrons. The normalized spacial score (nSPS) is 20.2. The van der Waals surface area contributed by atoms with E-state index in [1.54, 1.807) is 6.20 Å². The van der Waals surface area contributed by atoms with Crippen LogP contribution in [0.4, 0.5) is 17.5 Å². The summed E-state index contributed by atoms with van der Waals surface area (Å²) in [5.41, 5.74) is 2.58. The van der Waals surface area contributed by atoms with Crippen molar-refractivity contribution in [2.24, 2.45) is 0 Å². The lowest BCUT2D eigenvalue weighted by molar-refractivity contribution is 0.0876. The molecule has 6 rings (SSSR count). The molecule has 9 nitrogen and oxygen atoms in total. The fraction of sp³-hybridized carbons (Fsp3) is 0.520. The Balaban J connectivity index is 1.23. The van der Waals surface area contributed by atoms with Crippen molar-refractivity contribution in [2.75, 3.05) is 42.9 Å². The molecular formula is C25H32N8O. The predicted molar refractivity (Wildman–Crippen MR) is 133 cm³/mol. The number of aromatic nitrogens is 4. The summed E-state index contributed by atoms with van der Waals surface area (Å²) in [5, 5.41) is 7.24. The lowest BCUT2D eigenvalue weighted by atomic mass is 9.94. The zero-order chi connectivity index (χ0) is 23.3. The minimum Gasteiger partial charge on any atom is -0.368 e. The van der Waals surface area contributed by atoms with E-state index in [0.717, 1.165) is 55.7 Å². The summed E-state index contributed by atoms with van der Waals surface area (Å²) >= 11 is 0. The lowest BCUT2D eigenvalue weighted by Gasteiger charge is -2.38. The number of anilines is 3. The van der Waals surface area contributed by atoms with Crippen LogP contribution in [0.25, 0.3) is 11.0 Å². The van der Waals surface area contributed by atoms with Crippen LogP contribution in [0.15, 0.2) is 30.6 Å². The molecule has 0 aromatic carbocycles. The molecule has 3 aliphatic rings. The van der Waals surface area contributed by atoms with Crippen molar-refractivity contribution in [3.63, 3.8) is 0 Å². The van der Waals surface area contributed by atoms with Gasteiger partial charge in [-0.2, -0.15) is 4.98 Å². The number of amides is 1. The molecule has 1 spiro atoms. The van der Waals surface area contributed by atoms with Crippen molar-refractivity contribution in [3.8, 4) is 0 Å². The summed E-state index contributed by atoms with van der Waals surface area (Å²) in [6.07, 6.45) is 8.19. The van der Waals surface area contributed by atoms with Crippen LogP contribution in [-0.4, -0.2) is 69.1 Å². The minimum absolute atomic E-state index is 0.0310. The smallest absolute Gasteiger partial charge is 0.268 e. The molecule has 1 aliphatic carbocycles. The van der Waals surface area contributed by atoms with Gasteiger partial charge in [-0.25, -0.2) is 9.97 Å². The van der Waals surface area contributed by atoms with E-state index < -0.39 is 0 Å². The van der Waals surface area contributed by atoms with E-state index in [1.807, 2.05) is 18.3 Å². The molecule has 3 aromatic rings. The molecule has 9 heteroatoms. The second-order valence-electron chi connectivity index (χ2n) is 10.1. The highest BCUT2D eigenvalue weighted by atomic mass is 16.2. The van der Waals surface area contributed by atoms with E-state index in [2.05, 4.69) is 54.9 Å². The van der Waals surface area contributed by atoms with Crippen molar-refractivity contribution in [1.29, 1.82) is 0 Å². The Bertz CT molecular complexity index is 1200. The van der Waals surface area contributed by atoms with Crippen molar-refractivity contribution in [2.45, 2.75) is 51.1 Å². The number of carbonyl (C=O) groups is 1. The summed E-state index contributed by atoms with van der Waals surface area (Å²) < 4.78 is 2.17. The minimum atomic E-state index is -0.0733. The number of hydrogen-bond donors (Lipinski definition) is 2. The zero-order valence-corrected chi connectivity index (χ0v) is 19.9. The van der Waals surface area contributed by atoms with Crippen LogP contribution in [0.1, 0.15) is 50.0 Å². The van der Waals surface area contributed by atoms with Crippen LogP contribution in [0.2, 0.25) is 0 Å². The van der Waals surface area contributed by atoms with Crippen LogP contribution in [0, 0.1) is 0 Å². The molecule has 1 amide bonds. The Hall–Kier alpha value is -3.20. The van der Waals surface area contributed by atoms with E-state index in [-0.39, 0.29) is 11.4 Å². The first-order valence-corrected chi connectivity index (χ1v) is 12.4. The van der Waals surface area contributed by atoms with Crippen LogP contribution in [0.5, 0.6) is 0 Å². The Morgan fingerprint density at radius 3 is 2.56 bits per heavy atom. The van der Waals surface area contributed by atoms with Gasteiger partial charge in [0, 0.05) is 50.3 Å². The maximum Gasteiger partial charge on any atom is 0.268 e. The molecule has 2 aliphatic heterocycles. The number of rotatable bonds is 4. The Morgan fingerprint density at radius 2 is 1.85 bits per heavy atom. The van der Waals surface area contributed by atoms with Gasteiger partial charge < -0.3 is 20.1 Å². The zero-order valence-electron chi connectivity index (χ0n) is 19.9. The lowest BCUT2D eigenvalue weighted by Crippen LogP contribution is -2.50. The van der Waals surface area contributed by atoms with Gasteiger partial charge in [-0.05, 0) is 44.9 Å². The van der Waals surface area contributed by atoms with Crippen LogP contribution < -0.4 is 15.5 Å². The number of pyridine rings is 1. The number of nitrogens with one attached hydrogen (secondary N) is 2. The standard InChI is InChI=1S/C25H32N8O/c1-17(2)31-9-11-32(12-10-31)19-5-6-21(26-15-19)29-24-27-14-18-13-20-23(34)28-16-25(7-3-4-8-25)33(20)22(18)30-24/h5-6,13-15,17H,3-4,7-12,16H2,1-2H3,(H,28,34)(H,26,27,29,30). The molecule has 3 aromatic heterocycles. The first-order chi connectivity index (χ1) is 16.5. The Kier molecular flexibility index (Phi) is 5.17. The largest absolute Gasteiger partial charge is 0.368 e. The van der Waals surface area contributed by atoms with Gasteiger partial charge in [-0.3, -0.25) is 9.69 Å². The molecule has 34 heavy (non-hydrogen) atoms. The van der Waals surface area contributed by atoms with Crippen molar-refractivity contribution in [3.05, 3.63) is 36.3 Å².